The number of carbonyl (C=O) groups is 1. The minimum atomic E-state index is -4.42. The topological polar surface area (TPSA) is 73.4 Å². The summed E-state index contributed by atoms with van der Waals surface area (Å²) in [5.41, 5.74) is 4.68. The summed E-state index contributed by atoms with van der Waals surface area (Å²) >= 11 is 6.02. The van der Waals surface area contributed by atoms with Crippen molar-refractivity contribution in [3.05, 3.63) is 64.2 Å². The lowest BCUT2D eigenvalue weighted by Crippen LogP contribution is -2.49. The third kappa shape index (κ3) is 3.68. The maximum absolute atomic E-state index is 12.7. The Labute approximate surface area is 152 Å². The minimum Gasteiger partial charge on any atom is -0.508 e. The van der Waals surface area contributed by atoms with Crippen LogP contribution in [0.5, 0.6) is 5.75 Å². The number of alkyl halides is 3. The molecular weight excluding hydrogens is 371 g/mol. The van der Waals surface area contributed by atoms with Gasteiger partial charge >= 0.3 is 6.18 Å². The lowest BCUT2D eigenvalue weighted by atomic mass is 9.91. The average molecular weight is 386 g/mol. The largest absolute Gasteiger partial charge is 0.508 e. The number of rotatable bonds is 4. The molecule has 2 atom stereocenters. The molecule has 2 aromatic rings. The molecule has 3 rings (SSSR count). The number of carbonyl (C=O) groups excluding carboxylic acids is 1. The molecule has 1 aliphatic heterocycles. The molecule has 4 N–H and O–H groups in total. The monoisotopic (exact) mass is 385 g/mol. The van der Waals surface area contributed by atoms with E-state index >= 15 is 0 Å². The Morgan fingerprint density at radius 1 is 1.19 bits per heavy atom. The summed E-state index contributed by atoms with van der Waals surface area (Å²) in [6, 6.07) is 9.11. The highest BCUT2D eigenvalue weighted by Crippen LogP contribution is 2.35. The van der Waals surface area contributed by atoms with Crippen molar-refractivity contribution in [1.82, 2.24) is 16.2 Å². The van der Waals surface area contributed by atoms with Crippen molar-refractivity contribution < 1.29 is 23.1 Å². The molecule has 1 heterocycles. The highest BCUT2D eigenvalue weighted by atomic mass is 35.5. The minimum absolute atomic E-state index is 0.0744. The third-order valence-corrected chi connectivity index (χ3v) is 4.38. The fourth-order valence-corrected chi connectivity index (χ4v) is 3.08. The Hall–Kier alpha value is -2.13. The summed E-state index contributed by atoms with van der Waals surface area (Å²) < 4.78 is 38.2. The van der Waals surface area contributed by atoms with E-state index in [4.69, 9.17) is 11.6 Å². The normalized spacial score (nSPS) is 23.2. The number of nitrogens with one attached hydrogen (secondary N) is 3. The van der Waals surface area contributed by atoms with E-state index in [1.165, 1.54) is 30.3 Å². The molecule has 0 saturated carbocycles. The van der Waals surface area contributed by atoms with Crippen molar-refractivity contribution in [3.63, 3.8) is 0 Å². The van der Waals surface area contributed by atoms with Gasteiger partial charge in [0.25, 0.3) is 0 Å². The molecule has 0 radical (unpaired) electrons. The number of phenols is 1. The Balaban J connectivity index is 1.97. The van der Waals surface area contributed by atoms with Crippen molar-refractivity contribution in [2.75, 3.05) is 0 Å². The second-order valence-corrected chi connectivity index (χ2v) is 6.40. The van der Waals surface area contributed by atoms with Crippen LogP contribution in [-0.2, 0) is 23.1 Å². The first kappa shape index (κ1) is 18.7. The van der Waals surface area contributed by atoms with Gasteiger partial charge in [0, 0.05) is 17.0 Å². The van der Waals surface area contributed by atoms with Crippen LogP contribution in [0.25, 0.3) is 0 Å². The molecule has 0 bridgehead atoms. The summed E-state index contributed by atoms with van der Waals surface area (Å²) in [7, 11) is 0. The van der Waals surface area contributed by atoms with Crippen LogP contribution in [0.1, 0.15) is 16.7 Å². The maximum atomic E-state index is 12.7. The first-order valence-electron chi connectivity index (χ1n) is 7.64. The maximum Gasteiger partial charge on any atom is 0.416 e. The number of halogens is 4. The lowest BCUT2D eigenvalue weighted by Gasteiger charge is -2.31. The number of aromatic hydroxyl groups is 1. The Morgan fingerprint density at radius 2 is 1.88 bits per heavy atom. The molecule has 2 aromatic carbocycles. The smallest absolute Gasteiger partial charge is 0.416 e. The van der Waals surface area contributed by atoms with E-state index < -0.39 is 23.6 Å². The van der Waals surface area contributed by atoms with Crippen molar-refractivity contribution >= 4 is 17.9 Å². The van der Waals surface area contributed by atoms with Crippen molar-refractivity contribution in [2.45, 2.75) is 24.4 Å². The lowest BCUT2D eigenvalue weighted by molar-refractivity contribution is -0.137. The number of aldehydes is 1. The van der Waals surface area contributed by atoms with Gasteiger partial charge < -0.3 is 9.90 Å². The van der Waals surface area contributed by atoms with Gasteiger partial charge in [0.05, 0.1) is 5.56 Å². The van der Waals surface area contributed by atoms with Gasteiger partial charge in [0.2, 0.25) is 0 Å². The number of phenolic OH excluding ortho intramolecular Hbond substituents is 1. The fraction of sp³-hybridized carbons (Fsp3) is 0.235. The standard InChI is InChI=1S/C17H15ClF3N3O2/c18-12-5-6-14(26)13(7-12)16(22-15(9-25)23-24-16)8-10-1-3-11(4-2-10)17(19,20)21/h1-7,9,15,22-24,26H,8H2. The Morgan fingerprint density at radius 3 is 2.46 bits per heavy atom. The fourth-order valence-electron chi connectivity index (χ4n) is 2.91. The average Bonchev–Trinajstić information content (AvgIpc) is 3.01. The summed E-state index contributed by atoms with van der Waals surface area (Å²) in [5, 5.41) is 13.6. The zero-order valence-electron chi connectivity index (χ0n) is 13.3. The first-order chi connectivity index (χ1) is 12.2. The molecular formula is C17H15ClF3N3O2. The van der Waals surface area contributed by atoms with E-state index in [2.05, 4.69) is 16.2 Å². The van der Waals surface area contributed by atoms with Gasteiger partial charge in [-0.25, -0.2) is 10.9 Å². The van der Waals surface area contributed by atoms with Crippen LogP contribution < -0.4 is 16.2 Å². The molecule has 1 fully saturated rings. The van der Waals surface area contributed by atoms with E-state index in [9.17, 15) is 23.1 Å². The summed E-state index contributed by atoms with van der Waals surface area (Å²) in [4.78, 5) is 11.1. The molecule has 1 saturated heterocycles. The van der Waals surface area contributed by atoms with Crippen molar-refractivity contribution in [3.8, 4) is 5.75 Å². The molecule has 5 nitrogen and oxygen atoms in total. The summed E-state index contributed by atoms with van der Waals surface area (Å²) in [5.74, 6) is -0.0744. The third-order valence-electron chi connectivity index (χ3n) is 4.15. The van der Waals surface area contributed by atoms with E-state index in [1.54, 1.807) is 0 Å². The number of hydrazine groups is 1. The van der Waals surface area contributed by atoms with Gasteiger partial charge in [-0.05, 0) is 35.9 Å². The second-order valence-electron chi connectivity index (χ2n) is 5.97. The van der Waals surface area contributed by atoms with E-state index in [0.29, 0.717) is 22.4 Å². The van der Waals surface area contributed by atoms with Crippen molar-refractivity contribution in [1.29, 1.82) is 0 Å². The second kappa shape index (κ2) is 6.88. The van der Waals surface area contributed by atoms with Crippen LogP contribution >= 0.6 is 11.6 Å². The van der Waals surface area contributed by atoms with Gasteiger partial charge in [0.15, 0.2) is 6.29 Å². The molecule has 0 aromatic heterocycles. The van der Waals surface area contributed by atoms with Crippen LogP contribution in [0, 0.1) is 0 Å². The predicted molar refractivity (Wildman–Crippen MR) is 89.2 cm³/mol. The predicted octanol–water partition coefficient (Wildman–Crippen LogP) is 2.68. The quantitative estimate of drug-likeness (QED) is 0.609. The molecule has 2 unspecified atom stereocenters. The van der Waals surface area contributed by atoms with Gasteiger partial charge in [-0.2, -0.15) is 13.2 Å². The van der Waals surface area contributed by atoms with Gasteiger partial charge in [-0.3, -0.25) is 5.32 Å². The van der Waals surface area contributed by atoms with Crippen molar-refractivity contribution in [2.24, 2.45) is 0 Å². The van der Waals surface area contributed by atoms with Crippen LogP contribution in [-0.4, -0.2) is 17.6 Å². The Kier molecular flexibility index (Phi) is 4.94. The zero-order valence-corrected chi connectivity index (χ0v) is 14.0. The van der Waals surface area contributed by atoms with E-state index in [-0.39, 0.29) is 12.2 Å². The highest BCUT2D eigenvalue weighted by Gasteiger charge is 2.42. The molecule has 0 spiro atoms. The van der Waals surface area contributed by atoms with Crippen LogP contribution in [0.2, 0.25) is 5.02 Å². The van der Waals surface area contributed by atoms with Crippen LogP contribution in [0.15, 0.2) is 42.5 Å². The van der Waals surface area contributed by atoms with E-state index in [0.717, 1.165) is 12.1 Å². The van der Waals surface area contributed by atoms with Crippen LogP contribution in [0.3, 0.4) is 0 Å². The summed E-state index contributed by atoms with van der Waals surface area (Å²) in [6.07, 6.45) is -4.39. The number of hydrogen-bond donors (Lipinski definition) is 4. The van der Waals surface area contributed by atoms with Gasteiger partial charge in [-0.1, -0.05) is 23.7 Å². The molecule has 9 heteroatoms. The highest BCUT2D eigenvalue weighted by molar-refractivity contribution is 6.30. The molecule has 26 heavy (non-hydrogen) atoms. The van der Waals surface area contributed by atoms with E-state index in [1.807, 2.05) is 0 Å². The molecule has 0 amide bonds. The zero-order chi connectivity index (χ0) is 18.9. The van der Waals surface area contributed by atoms with Gasteiger partial charge in [-0.15, -0.1) is 0 Å². The SMILES string of the molecule is O=CC1NNC(Cc2ccc(C(F)(F)F)cc2)(c2cc(Cl)ccc2O)N1. The first-order valence-corrected chi connectivity index (χ1v) is 8.02. The molecule has 1 aliphatic rings. The van der Waals surface area contributed by atoms with Crippen LogP contribution in [0.4, 0.5) is 13.2 Å². The number of hydrogen-bond acceptors (Lipinski definition) is 5. The Bertz CT molecular complexity index is 814. The molecule has 0 aliphatic carbocycles. The summed E-state index contributed by atoms with van der Waals surface area (Å²) in [6.45, 7) is 0. The number of benzene rings is 2. The van der Waals surface area contributed by atoms with Gasteiger partial charge in [0.1, 0.15) is 17.6 Å². The molecule has 138 valence electrons.